The number of aryl methyl sites for hydroxylation is 1. The van der Waals surface area contributed by atoms with E-state index in [0.29, 0.717) is 22.8 Å². The number of hydrogen-bond acceptors (Lipinski definition) is 5. The van der Waals surface area contributed by atoms with Crippen LogP contribution in [0.4, 0.5) is 5.13 Å². The minimum atomic E-state index is -0.392. The number of nitrogens with one attached hydrogen (secondary N) is 2. The van der Waals surface area contributed by atoms with Crippen molar-refractivity contribution < 1.29 is 9.59 Å². The summed E-state index contributed by atoms with van der Waals surface area (Å²) in [7, 11) is 0. The van der Waals surface area contributed by atoms with E-state index in [0.717, 1.165) is 0 Å². The van der Waals surface area contributed by atoms with E-state index in [1.165, 1.54) is 29.7 Å². The molecule has 0 bridgehead atoms. The van der Waals surface area contributed by atoms with Crippen LogP contribution in [0.2, 0.25) is 0 Å². The molecular formula is C12H12N4O3S. The van der Waals surface area contributed by atoms with Crippen LogP contribution in [0.3, 0.4) is 0 Å². The second-order valence-corrected chi connectivity index (χ2v) is 4.86. The van der Waals surface area contributed by atoms with Gasteiger partial charge in [0, 0.05) is 24.1 Å². The molecule has 4 N–H and O–H groups in total. The normalized spacial score (nSPS) is 10.2. The SMILES string of the molecule is NC(=O)CCc1csc(NC(=O)c2ccc(=O)[nH]c2)n1. The van der Waals surface area contributed by atoms with Crippen molar-refractivity contribution in [2.45, 2.75) is 12.8 Å². The summed E-state index contributed by atoms with van der Waals surface area (Å²) in [5.41, 5.74) is 5.81. The summed E-state index contributed by atoms with van der Waals surface area (Å²) in [5.74, 6) is -0.756. The van der Waals surface area contributed by atoms with Gasteiger partial charge in [0.1, 0.15) is 0 Å². The summed E-state index contributed by atoms with van der Waals surface area (Å²) in [6.07, 6.45) is 2.00. The highest BCUT2D eigenvalue weighted by molar-refractivity contribution is 7.13. The van der Waals surface area contributed by atoms with E-state index < -0.39 is 5.91 Å². The fraction of sp³-hybridized carbons (Fsp3) is 0.167. The van der Waals surface area contributed by atoms with Gasteiger partial charge in [-0.3, -0.25) is 19.7 Å². The predicted octanol–water partition coefficient (Wildman–Crippen LogP) is 0.502. The predicted molar refractivity (Wildman–Crippen MR) is 74.6 cm³/mol. The lowest BCUT2D eigenvalue weighted by Gasteiger charge is -2.00. The first kappa shape index (κ1) is 13.9. The maximum atomic E-state index is 11.9. The quantitative estimate of drug-likeness (QED) is 0.743. The second kappa shape index (κ2) is 6.11. The molecule has 0 unspecified atom stereocenters. The molecule has 0 atom stereocenters. The number of thiazole rings is 1. The number of amides is 2. The maximum Gasteiger partial charge on any atom is 0.258 e. The van der Waals surface area contributed by atoms with Crippen molar-refractivity contribution in [1.82, 2.24) is 9.97 Å². The highest BCUT2D eigenvalue weighted by Gasteiger charge is 2.09. The number of nitrogens with two attached hydrogens (primary N) is 1. The minimum Gasteiger partial charge on any atom is -0.370 e. The van der Waals surface area contributed by atoms with E-state index in [4.69, 9.17) is 5.73 Å². The Morgan fingerprint density at radius 2 is 2.20 bits per heavy atom. The molecule has 2 aromatic rings. The van der Waals surface area contributed by atoms with Gasteiger partial charge < -0.3 is 10.7 Å². The summed E-state index contributed by atoms with van der Waals surface area (Å²) < 4.78 is 0. The van der Waals surface area contributed by atoms with Gasteiger partial charge in [0.2, 0.25) is 11.5 Å². The van der Waals surface area contributed by atoms with Crippen LogP contribution < -0.4 is 16.6 Å². The van der Waals surface area contributed by atoms with Gasteiger partial charge >= 0.3 is 0 Å². The zero-order valence-electron chi connectivity index (χ0n) is 10.4. The van der Waals surface area contributed by atoms with E-state index >= 15 is 0 Å². The van der Waals surface area contributed by atoms with Gasteiger partial charge in [-0.25, -0.2) is 4.98 Å². The van der Waals surface area contributed by atoms with Crippen LogP contribution in [0.25, 0.3) is 0 Å². The second-order valence-electron chi connectivity index (χ2n) is 4.01. The lowest BCUT2D eigenvalue weighted by atomic mass is 10.2. The van der Waals surface area contributed by atoms with Gasteiger partial charge in [-0.2, -0.15) is 0 Å². The van der Waals surface area contributed by atoms with Crippen LogP contribution in [0.15, 0.2) is 28.5 Å². The van der Waals surface area contributed by atoms with E-state index in [-0.39, 0.29) is 17.9 Å². The highest BCUT2D eigenvalue weighted by Crippen LogP contribution is 2.17. The molecule has 0 aromatic carbocycles. The van der Waals surface area contributed by atoms with Crippen molar-refractivity contribution in [2.24, 2.45) is 5.73 Å². The molecule has 7 nitrogen and oxygen atoms in total. The summed E-state index contributed by atoms with van der Waals surface area (Å²) in [5, 5.41) is 4.80. The monoisotopic (exact) mass is 292 g/mol. The van der Waals surface area contributed by atoms with Crippen LogP contribution in [0, 0.1) is 0 Å². The van der Waals surface area contributed by atoms with Crippen molar-refractivity contribution in [3.05, 3.63) is 45.3 Å². The first-order chi connectivity index (χ1) is 9.54. The Morgan fingerprint density at radius 3 is 2.85 bits per heavy atom. The number of carbonyl (C=O) groups excluding carboxylic acids is 2. The number of aromatic amines is 1. The molecule has 0 aliphatic rings. The molecule has 0 fully saturated rings. The molecule has 8 heteroatoms. The largest absolute Gasteiger partial charge is 0.370 e. The number of H-pyrrole nitrogens is 1. The Bertz CT molecular complexity index is 672. The fourth-order valence-corrected chi connectivity index (χ4v) is 2.19. The lowest BCUT2D eigenvalue weighted by Crippen LogP contribution is -2.14. The maximum absolute atomic E-state index is 11.9. The van der Waals surface area contributed by atoms with Crippen LogP contribution in [-0.4, -0.2) is 21.8 Å². The van der Waals surface area contributed by atoms with Crippen LogP contribution in [0.1, 0.15) is 22.5 Å². The van der Waals surface area contributed by atoms with Gasteiger partial charge in [-0.05, 0) is 12.5 Å². The third-order valence-corrected chi connectivity index (χ3v) is 3.25. The first-order valence-corrected chi connectivity index (χ1v) is 6.65. The molecule has 104 valence electrons. The third-order valence-electron chi connectivity index (χ3n) is 2.45. The number of anilines is 1. The Kier molecular flexibility index (Phi) is 4.26. The van der Waals surface area contributed by atoms with Crippen LogP contribution in [0.5, 0.6) is 0 Å². The van der Waals surface area contributed by atoms with E-state index in [1.807, 2.05) is 0 Å². The molecule has 2 amide bonds. The van der Waals surface area contributed by atoms with E-state index in [2.05, 4.69) is 15.3 Å². The van der Waals surface area contributed by atoms with Crippen molar-refractivity contribution in [2.75, 3.05) is 5.32 Å². The molecule has 0 saturated heterocycles. The van der Waals surface area contributed by atoms with Gasteiger partial charge in [0.15, 0.2) is 5.13 Å². The number of hydrogen-bond donors (Lipinski definition) is 3. The van der Waals surface area contributed by atoms with E-state index in [1.54, 1.807) is 5.38 Å². The molecule has 20 heavy (non-hydrogen) atoms. The molecule has 0 aliphatic heterocycles. The number of pyridine rings is 1. The van der Waals surface area contributed by atoms with Crippen LogP contribution >= 0.6 is 11.3 Å². The zero-order valence-corrected chi connectivity index (χ0v) is 11.2. The highest BCUT2D eigenvalue weighted by atomic mass is 32.1. The molecular weight excluding hydrogens is 280 g/mol. The van der Waals surface area contributed by atoms with Crippen molar-refractivity contribution in [3.8, 4) is 0 Å². The van der Waals surface area contributed by atoms with Crippen molar-refractivity contribution in [3.63, 3.8) is 0 Å². The Hall–Kier alpha value is -2.48. The number of nitrogens with zero attached hydrogens (tertiary/aromatic N) is 1. The number of rotatable bonds is 5. The molecule has 0 spiro atoms. The summed E-state index contributed by atoms with van der Waals surface area (Å²) in [6, 6.07) is 2.70. The minimum absolute atomic E-state index is 0.219. The molecule has 0 saturated carbocycles. The molecule has 2 aromatic heterocycles. The van der Waals surface area contributed by atoms with Crippen LogP contribution in [-0.2, 0) is 11.2 Å². The average molecular weight is 292 g/mol. The first-order valence-electron chi connectivity index (χ1n) is 5.77. The van der Waals surface area contributed by atoms with Gasteiger partial charge in [-0.15, -0.1) is 11.3 Å². The zero-order chi connectivity index (χ0) is 14.5. The smallest absolute Gasteiger partial charge is 0.258 e. The van der Waals surface area contributed by atoms with Gasteiger partial charge in [-0.1, -0.05) is 0 Å². The molecule has 2 rings (SSSR count). The van der Waals surface area contributed by atoms with Crippen molar-refractivity contribution in [1.29, 1.82) is 0 Å². The van der Waals surface area contributed by atoms with Gasteiger partial charge in [0.25, 0.3) is 5.91 Å². The molecule has 0 aliphatic carbocycles. The number of aromatic nitrogens is 2. The third kappa shape index (κ3) is 3.75. The summed E-state index contributed by atoms with van der Waals surface area (Å²) >= 11 is 1.26. The van der Waals surface area contributed by atoms with E-state index in [9.17, 15) is 14.4 Å². The topological polar surface area (TPSA) is 118 Å². The Balaban J connectivity index is 1.99. The number of carbonyl (C=O) groups is 2. The number of primary amides is 1. The van der Waals surface area contributed by atoms with Gasteiger partial charge in [0.05, 0.1) is 11.3 Å². The summed E-state index contributed by atoms with van der Waals surface area (Å²) in [4.78, 5) is 40.0. The van der Waals surface area contributed by atoms with Crippen molar-refractivity contribution >= 4 is 28.3 Å². The standard InChI is InChI=1S/C12H12N4O3S/c13-9(17)3-2-8-6-20-12(15-8)16-11(19)7-1-4-10(18)14-5-7/h1,4-6H,2-3H2,(H2,13,17)(H,14,18)(H,15,16,19). The average Bonchev–Trinajstić information content (AvgIpc) is 2.84. The molecule has 2 heterocycles. The lowest BCUT2D eigenvalue weighted by molar-refractivity contribution is -0.118. The molecule has 0 radical (unpaired) electrons. The Labute approximate surface area is 117 Å². The Morgan fingerprint density at radius 1 is 1.40 bits per heavy atom. The fourth-order valence-electron chi connectivity index (χ4n) is 1.45. The summed E-state index contributed by atoms with van der Waals surface area (Å²) in [6.45, 7) is 0.